The number of nitriles is 1. The van der Waals surface area contributed by atoms with Gasteiger partial charge in [0.25, 0.3) is 0 Å². The fourth-order valence-electron chi connectivity index (χ4n) is 1.43. The Morgan fingerprint density at radius 2 is 2.06 bits per heavy atom. The molecule has 0 aliphatic rings. The van der Waals surface area contributed by atoms with Crippen molar-refractivity contribution in [3.05, 3.63) is 29.6 Å². The molecule has 1 rings (SSSR count). The molecule has 0 bridgehead atoms. The maximum Gasteiger partial charge on any atom is 0.242 e. The summed E-state index contributed by atoms with van der Waals surface area (Å²) in [5.41, 5.74) is 0.496. The molecule has 0 radical (unpaired) electrons. The van der Waals surface area contributed by atoms with Crippen LogP contribution in [0.5, 0.6) is 0 Å². The van der Waals surface area contributed by atoms with E-state index in [-0.39, 0.29) is 17.5 Å². The second-order valence-electron chi connectivity index (χ2n) is 4.34. The largest absolute Gasteiger partial charge is 0.374 e. The lowest BCUT2D eigenvalue weighted by Gasteiger charge is -2.17. The monoisotopic (exact) mass is 249 g/mol. The first-order chi connectivity index (χ1) is 8.43. The smallest absolute Gasteiger partial charge is 0.242 e. The summed E-state index contributed by atoms with van der Waals surface area (Å²) in [6.07, 6.45) is 0. The highest BCUT2D eigenvalue weighted by Gasteiger charge is 2.13. The number of hydrogen-bond acceptors (Lipinski definition) is 3. The quantitative estimate of drug-likeness (QED) is 0.858. The maximum atomic E-state index is 13.1. The molecule has 18 heavy (non-hydrogen) atoms. The van der Waals surface area contributed by atoms with E-state index in [1.54, 1.807) is 13.0 Å². The third-order valence-electron chi connectivity index (χ3n) is 2.29. The molecule has 0 saturated carbocycles. The van der Waals surface area contributed by atoms with Crippen molar-refractivity contribution < 1.29 is 9.18 Å². The lowest BCUT2D eigenvalue weighted by Crippen LogP contribution is -2.40. The molecule has 1 amide bonds. The van der Waals surface area contributed by atoms with Crippen LogP contribution in [0.3, 0.4) is 0 Å². The molecule has 0 aliphatic heterocycles. The molecule has 0 aromatic heterocycles. The standard InChI is InChI=1S/C13H16FN3O/c1-8(2)16-13(18)9(3)17-11-4-5-12(14)10(6-11)7-15/h4-6,8-9,17H,1-3H3,(H,16,18). The molecule has 1 atom stereocenters. The van der Waals surface area contributed by atoms with Crippen molar-refractivity contribution in [1.82, 2.24) is 5.32 Å². The van der Waals surface area contributed by atoms with Gasteiger partial charge in [0.1, 0.15) is 17.9 Å². The maximum absolute atomic E-state index is 13.1. The fourth-order valence-corrected chi connectivity index (χ4v) is 1.43. The van der Waals surface area contributed by atoms with Crippen LogP contribution < -0.4 is 10.6 Å². The van der Waals surface area contributed by atoms with Gasteiger partial charge in [-0.25, -0.2) is 4.39 Å². The van der Waals surface area contributed by atoms with E-state index in [1.165, 1.54) is 18.2 Å². The normalized spacial score (nSPS) is 11.8. The van der Waals surface area contributed by atoms with Crippen LogP contribution in [0.15, 0.2) is 18.2 Å². The van der Waals surface area contributed by atoms with Crippen molar-refractivity contribution >= 4 is 11.6 Å². The summed E-state index contributed by atoms with van der Waals surface area (Å²) in [5.74, 6) is -0.713. The number of carbonyl (C=O) groups excluding carboxylic acids is 1. The molecule has 1 aromatic rings. The number of amides is 1. The molecule has 4 nitrogen and oxygen atoms in total. The van der Waals surface area contributed by atoms with E-state index in [4.69, 9.17) is 5.26 Å². The van der Waals surface area contributed by atoms with Crippen LogP contribution in [-0.4, -0.2) is 18.0 Å². The summed E-state index contributed by atoms with van der Waals surface area (Å²) in [4.78, 5) is 11.7. The zero-order chi connectivity index (χ0) is 13.7. The van der Waals surface area contributed by atoms with E-state index in [1.807, 2.05) is 13.8 Å². The SMILES string of the molecule is CC(C)NC(=O)C(C)Nc1ccc(F)c(C#N)c1. The molecular formula is C13H16FN3O. The van der Waals surface area contributed by atoms with E-state index >= 15 is 0 Å². The van der Waals surface area contributed by atoms with Crippen LogP contribution in [0.2, 0.25) is 0 Å². The Hall–Kier alpha value is -2.09. The lowest BCUT2D eigenvalue weighted by molar-refractivity contribution is -0.122. The van der Waals surface area contributed by atoms with Crippen LogP contribution in [0.4, 0.5) is 10.1 Å². The Morgan fingerprint density at radius 3 is 2.61 bits per heavy atom. The van der Waals surface area contributed by atoms with E-state index in [2.05, 4.69) is 10.6 Å². The minimum Gasteiger partial charge on any atom is -0.374 e. The van der Waals surface area contributed by atoms with Crippen molar-refractivity contribution in [3.8, 4) is 6.07 Å². The number of hydrogen-bond donors (Lipinski definition) is 2. The number of carbonyl (C=O) groups is 1. The Bertz CT molecular complexity index is 480. The van der Waals surface area contributed by atoms with Gasteiger partial charge in [0.05, 0.1) is 5.56 Å². The summed E-state index contributed by atoms with van der Waals surface area (Å²) < 4.78 is 13.1. The third-order valence-corrected chi connectivity index (χ3v) is 2.29. The van der Waals surface area contributed by atoms with Gasteiger partial charge >= 0.3 is 0 Å². The Labute approximate surface area is 106 Å². The Morgan fingerprint density at radius 1 is 1.39 bits per heavy atom. The summed E-state index contributed by atoms with van der Waals surface area (Å²) in [5, 5.41) is 14.4. The van der Waals surface area contributed by atoms with Crippen LogP contribution in [0, 0.1) is 17.1 Å². The number of rotatable bonds is 4. The number of halogens is 1. The highest BCUT2D eigenvalue weighted by Crippen LogP contribution is 2.14. The molecular weight excluding hydrogens is 233 g/mol. The number of anilines is 1. The molecule has 1 aromatic carbocycles. The molecule has 0 fully saturated rings. The van der Waals surface area contributed by atoms with Gasteiger partial charge in [0.2, 0.25) is 5.91 Å². The molecule has 2 N–H and O–H groups in total. The van der Waals surface area contributed by atoms with Gasteiger partial charge < -0.3 is 10.6 Å². The van der Waals surface area contributed by atoms with Crippen LogP contribution in [-0.2, 0) is 4.79 Å². The van der Waals surface area contributed by atoms with Gasteiger partial charge in [-0.15, -0.1) is 0 Å². The van der Waals surface area contributed by atoms with Crippen molar-refractivity contribution in [2.45, 2.75) is 32.9 Å². The number of nitrogens with one attached hydrogen (secondary N) is 2. The summed E-state index contributed by atoms with van der Waals surface area (Å²) in [6, 6.07) is 5.44. The van der Waals surface area contributed by atoms with E-state index < -0.39 is 11.9 Å². The zero-order valence-electron chi connectivity index (χ0n) is 10.6. The first-order valence-electron chi connectivity index (χ1n) is 5.70. The molecule has 96 valence electrons. The van der Waals surface area contributed by atoms with Crippen molar-refractivity contribution in [2.24, 2.45) is 0 Å². The average Bonchev–Trinajstić information content (AvgIpc) is 2.30. The van der Waals surface area contributed by atoms with Gasteiger partial charge in [-0.2, -0.15) is 5.26 Å². The van der Waals surface area contributed by atoms with Crippen LogP contribution >= 0.6 is 0 Å². The highest BCUT2D eigenvalue weighted by atomic mass is 19.1. The minimum atomic E-state index is -0.567. The summed E-state index contributed by atoms with van der Waals surface area (Å²) in [7, 11) is 0. The predicted octanol–water partition coefficient (Wildman–Crippen LogP) is 2.02. The van der Waals surface area contributed by atoms with Gasteiger partial charge in [0, 0.05) is 11.7 Å². The molecule has 1 unspecified atom stereocenters. The van der Waals surface area contributed by atoms with E-state index in [0.29, 0.717) is 5.69 Å². The van der Waals surface area contributed by atoms with Crippen molar-refractivity contribution in [2.75, 3.05) is 5.32 Å². The second-order valence-corrected chi connectivity index (χ2v) is 4.34. The van der Waals surface area contributed by atoms with Crippen molar-refractivity contribution in [1.29, 1.82) is 5.26 Å². The molecule has 0 saturated heterocycles. The Balaban J connectivity index is 2.73. The van der Waals surface area contributed by atoms with Gasteiger partial charge in [-0.1, -0.05) is 0 Å². The topological polar surface area (TPSA) is 64.9 Å². The summed E-state index contributed by atoms with van der Waals surface area (Å²) in [6.45, 7) is 5.44. The molecule has 0 spiro atoms. The first-order valence-corrected chi connectivity index (χ1v) is 5.70. The molecule has 0 aliphatic carbocycles. The molecule has 0 heterocycles. The summed E-state index contributed by atoms with van der Waals surface area (Å²) >= 11 is 0. The van der Waals surface area contributed by atoms with Gasteiger partial charge in [-0.05, 0) is 39.0 Å². The average molecular weight is 249 g/mol. The lowest BCUT2D eigenvalue weighted by atomic mass is 10.2. The van der Waals surface area contributed by atoms with E-state index in [9.17, 15) is 9.18 Å². The fraction of sp³-hybridized carbons (Fsp3) is 0.385. The first kappa shape index (κ1) is 14.0. The van der Waals surface area contributed by atoms with Crippen LogP contribution in [0.1, 0.15) is 26.3 Å². The number of benzene rings is 1. The zero-order valence-corrected chi connectivity index (χ0v) is 10.6. The van der Waals surface area contributed by atoms with Crippen LogP contribution in [0.25, 0.3) is 0 Å². The highest BCUT2D eigenvalue weighted by molar-refractivity contribution is 5.84. The number of nitrogens with zero attached hydrogens (tertiary/aromatic N) is 1. The van der Waals surface area contributed by atoms with Gasteiger partial charge in [0.15, 0.2) is 0 Å². The third kappa shape index (κ3) is 3.74. The molecule has 5 heteroatoms. The second kappa shape index (κ2) is 6.01. The minimum absolute atomic E-state index is 0.0449. The predicted molar refractivity (Wildman–Crippen MR) is 67.5 cm³/mol. The van der Waals surface area contributed by atoms with Crippen molar-refractivity contribution in [3.63, 3.8) is 0 Å². The van der Waals surface area contributed by atoms with E-state index in [0.717, 1.165) is 0 Å². The Kier molecular flexibility index (Phi) is 4.67. The van der Waals surface area contributed by atoms with Gasteiger partial charge in [-0.3, -0.25) is 4.79 Å².